The van der Waals surface area contributed by atoms with Crippen molar-refractivity contribution in [1.82, 2.24) is 5.32 Å². The van der Waals surface area contributed by atoms with E-state index in [0.29, 0.717) is 5.70 Å². The van der Waals surface area contributed by atoms with Gasteiger partial charge < -0.3 is 30.5 Å². The predicted octanol–water partition coefficient (Wildman–Crippen LogP) is -2.13. The van der Waals surface area contributed by atoms with E-state index in [1.165, 1.54) is 13.0 Å². The highest BCUT2D eigenvalue weighted by Crippen LogP contribution is 2.20. The Bertz CT molecular complexity index is 331. The Morgan fingerprint density at radius 3 is 2.39 bits per heavy atom. The topological polar surface area (TPSA) is 119 Å². The summed E-state index contributed by atoms with van der Waals surface area (Å²) in [6.45, 7) is 2.45. The molecule has 104 valence electrons. The minimum Gasteiger partial charge on any atom is -0.394 e. The molecule has 0 aliphatic carbocycles. The van der Waals surface area contributed by atoms with Crippen LogP contribution in [-0.2, 0) is 9.53 Å². The van der Waals surface area contributed by atoms with Gasteiger partial charge in [-0.15, -0.1) is 0 Å². The van der Waals surface area contributed by atoms with Gasteiger partial charge in [0.2, 0.25) is 0 Å². The first kappa shape index (κ1) is 15.1. The van der Waals surface area contributed by atoms with Crippen molar-refractivity contribution in [3.63, 3.8) is 0 Å². The van der Waals surface area contributed by atoms with Crippen LogP contribution in [0.25, 0.3) is 0 Å². The first-order valence-corrected chi connectivity index (χ1v) is 5.62. The van der Waals surface area contributed by atoms with Gasteiger partial charge in [0.05, 0.1) is 6.61 Å². The molecular formula is C11H19NO6. The summed E-state index contributed by atoms with van der Waals surface area (Å²) < 4.78 is 4.96. The van der Waals surface area contributed by atoms with Crippen LogP contribution in [0.15, 0.2) is 11.8 Å². The van der Waals surface area contributed by atoms with E-state index in [4.69, 9.17) is 9.84 Å². The lowest BCUT2D eigenvalue weighted by molar-refractivity contribution is -0.253. The normalized spacial score (nSPS) is 37.4. The van der Waals surface area contributed by atoms with Crippen LogP contribution in [0.4, 0.5) is 0 Å². The number of allylic oxidation sites excluding steroid dienone is 2. The molecule has 18 heavy (non-hydrogen) atoms. The van der Waals surface area contributed by atoms with Gasteiger partial charge in [0.15, 0.2) is 12.1 Å². The van der Waals surface area contributed by atoms with Crippen molar-refractivity contribution in [1.29, 1.82) is 0 Å². The third kappa shape index (κ3) is 3.50. The van der Waals surface area contributed by atoms with Gasteiger partial charge >= 0.3 is 0 Å². The Balaban J connectivity index is 2.74. The molecule has 0 saturated carbocycles. The number of nitrogens with one attached hydrogen (secondary N) is 1. The summed E-state index contributed by atoms with van der Waals surface area (Å²) in [5.74, 6) is -0.186. The molecule has 5 N–H and O–H groups in total. The molecule has 1 rings (SSSR count). The number of carbonyl (C=O) groups excluding carboxylic acids is 1. The molecule has 5 atom stereocenters. The number of aliphatic hydroxyl groups excluding tert-OH is 4. The molecule has 1 fully saturated rings. The molecule has 7 nitrogen and oxygen atoms in total. The summed E-state index contributed by atoms with van der Waals surface area (Å²) in [5.41, 5.74) is 0.434. The lowest BCUT2D eigenvalue weighted by Gasteiger charge is -2.40. The Labute approximate surface area is 105 Å². The summed E-state index contributed by atoms with van der Waals surface area (Å²) in [5, 5.41) is 40.7. The van der Waals surface area contributed by atoms with Gasteiger partial charge in [0.25, 0.3) is 0 Å². The Kier molecular flexibility index (Phi) is 5.24. The number of ketones is 1. The molecule has 7 heteroatoms. The Morgan fingerprint density at radius 2 is 1.89 bits per heavy atom. The highest BCUT2D eigenvalue weighted by molar-refractivity contribution is 5.87. The van der Waals surface area contributed by atoms with Gasteiger partial charge in [-0.3, -0.25) is 4.79 Å². The van der Waals surface area contributed by atoms with E-state index in [2.05, 4.69) is 5.32 Å². The predicted molar refractivity (Wildman–Crippen MR) is 61.3 cm³/mol. The number of hydrogen-bond donors (Lipinski definition) is 5. The Morgan fingerprint density at radius 1 is 1.28 bits per heavy atom. The van der Waals surface area contributed by atoms with Crippen molar-refractivity contribution >= 4 is 5.78 Å². The summed E-state index contributed by atoms with van der Waals surface area (Å²) in [4.78, 5) is 10.9. The molecule has 1 aliphatic heterocycles. The van der Waals surface area contributed by atoms with Gasteiger partial charge in [-0.2, -0.15) is 0 Å². The summed E-state index contributed by atoms with van der Waals surface area (Å²) in [7, 11) is 0. The van der Waals surface area contributed by atoms with Crippen LogP contribution in [0.3, 0.4) is 0 Å². The zero-order chi connectivity index (χ0) is 13.9. The van der Waals surface area contributed by atoms with Crippen LogP contribution >= 0.6 is 0 Å². The number of aliphatic hydroxyl groups is 4. The second-order valence-electron chi connectivity index (χ2n) is 4.34. The van der Waals surface area contributed by atoms with Crippen molar-refractivity contribution < 1.29 is 30.0 Å². The average molecular weight is 261 g/mol. The lowest BCUT2D eigenvalue weighted by Crippen LogP contribution is -2.62. The van der Waals surface area contributed by atoms with Crippen molar-refractivity contribution in [3.8, 4) is 0 Å². The molecule has 0 amide bonds. The lowest BCUT2D eigenvalue weighted by atomic mass is 9.97. The summed E-state index contributed by atoms with van der Waals surface area (Å²) >= 11 is 0. The van der Waals surface area contributed by atoms with Crippen LogP contribution in [0, 0.1) is 0 Å². The molecule has 1 saturated heterocycles. The smallest absolute Gasteiger partial charge is 0.178 e. The number of ether oxygens (including phenoxy) is 1. The van der Waals surface area contributed by atoms with E-state index in [0.717, 1.165) is 0 Å². The van der Waals surface area contributed by atoms with Crippen LogP contribution < -0.4 is 5.32 Å². The summed E-state index contributed by atoms with van der Waals surface area (Å²) in [6, 6.07) is -0.974. The van der Waals surface area contributed by atoms with E-state index in [9.17, 15) is 20.1 Å². The molecule has 0 radical (unpaired) electrons. The highest BCUT2D eigenvalue weighted by atomic mass is 16.6. The van der Waals surface area contributed by atoms with Crippen molar-refractivity contribution in [3.05, 3.63) is 11.8 Å². The van der Waals surface area contributed by atoms with E-state index in [1.807, 2.05) is 0 Å². The van der Waals surface area contributed by atoms with Crippen molar-refractivity contribution in [2.24, 2.45) is 0 Å². The maximum atomic E-state index is 10.9. The fourth-order valence-corrected chi connectivity index (χ4v) is 1.86. The maximum Gasteiger partial charge on any atom is 0.178 e. The third-order valence-electron chi connectivity index (χ3n) is 2.71. The van der Waals surface area contributed by atoms with E-state index >= 15 is 0 Å². The van der Waals surface area contributed by atoms with E-state index in [1.54, 1.807) is 6.92 Å². The summed E-state index contributed by atoms with van der Waals surface area (Å²) in [6.07, 6.45) is -3.77. The first-order chi connectivity index (χ1) is 8.36. The van der Waals surface area contributed by atoms with Crippen LogP contribution in [0.1, 0.15) is 13.8 Å². The average Bonchev–Trinajstić information content (AvgIpc) is 2.28. The Hall–Kier alpha value is -0.990. The molecule has 1 aliphatic rings. The van der Waals surface area contributed by atoms with Crippen LogP contribution in [-0.4, -0.2) is 63.5 Å². The van der Waals surface area contributed by atoms with Gasteiger partial charge in [-0.25, -0.2) is 0 Å². The number of carbonyl (C=O) groups is 1. The third-order valence-corrected chi connectivity index (χ3v) is 2.71. The van der Waals surface area contributed by atoms with Crippen molar-refractivity contribution in [2.75, 3.05) is 6.61 Å². The second kappa shape index (κ2) is 6.26. The van der Waals surface area contributed by atoms with Gasteiger partial charge in [0, 0.05) is 5.70 Å². The van der Waals surface area contributed by atoms with Gasteiger partial charge in [-0.05, 0) is 19.9 Å². The molecule has 0 spiro atoms. The molecule has 0 aromatic rings. The van der Waals surface area contributed by atoms with Gasteiger partial charge in [0.1, 0.15) is 24.4 Å². The molecule has 0 unspecified atom stereocenters. The van der Waals surface area contributed by atoms with Crippen LogP contribution in [0.2, 0.25) is 0 Å². The SMILES string of the molecule is CC(=O)/C=C(\C)N[C@@H]1[C@@H](O)[C@H](O)[C@@H](CO)O[C@H]1O. The van der Waals surface area contributed by atoms with Gasteiger partial charge in [-0.1, -0.05) is 0 Å². The highest BCUT2D eigenvalue weighted by Gasteiger charge is 2.43. The molecule has 0 aromatic carbocycles. The number of rotatable bonds is 4. The first-order valence-electron chi connectivity index (χ1n) is 5.62. The van der Waals surface area contributed by atoms with E-state index < -0.39 is 37.3 Å². The minimum atomic E-state index is -1.39. The van der Waals surface area contributed by atoms with Crippen molar-refractivity contribution in [2.45, 2.75) is 44.5 Å². The largest absolute Gasteiger partial charge is 0.394 e. The molecule has 0 aromatic heterocycles. The zero-order valence-electron chi connectivity index (χ0n) is 10.3. The quantitative estimate of drug-likeness (QED) is 0.367. The fourth-order valence-electron chi connectivity index (χ4n) is 1.86. The molecule has 1 heterocycles. The van der Waals surface area contributed by atoms with Crippen LogP contribution in [0.5, 0.6) is 0 Å². The minimum absolute atomic E-state index is 0.186. The maximum absolute atomic E-state index is 10.9. The fraction of sp³-hybridized carbons (Fsp3) is 0.727. The molecule has 0 bridgehead atoms. The van der Waals surface area contributed by atoms with E-state index in [-0.39, 0.29) is 5.78 Å². The number of hydrogen-bond acceptors (Lipinski definition) is 7. The second-order valence-corrected chi connectivity index (χ2v) is 4.34. The zero-order valence-corrected chi connectivity index (χ0v) is 10.3. The standard InChI is InChI=1S/C11H19NO6/c1-5(3-6(2)14)12-8-10(16)9(15)7(4-13)18-11(8)17/h3,7-13,15-17H,4H2,1-2H3/b5-3+/t7-,8-,9-,10-,11-/m1/s1. The monoisotopic (exact) mass is 261 g/mol. The molecular weight excluding hydrogens is 242 g/mol.